The summed E-state index contributed by atoms with van der Waals surface area (Å²) in [6.45, 7) is 2.06. The number of nitrogen functional groups attached to an aromatic ring is 1. The normalized spacial score (nSPS) is 13.2. The Morgan fingerprint density at radius 2 is 1.96 bits per heavy atom. The maximum Gasteiger partial charge on any atom is 0.250 e. The molecule has 1 aromatic heterocycles. The minimum atomic E-state index is -0.539. The van der Waals surface area contributed by atoms with E-state index in [1.54, 1.807) is 6.07 Å². The fourth-order valence-electron chi connectivity index (χ4n) is 3.88. The Morgan fingerprint density at radius 3 is 2.79 bits per heavy atom. The van der Waals surface area contributed by atoms with Crippen molar-refractivity contribution >= 4 is 64.0 Å². The molecule has 28 heavy (non-hydrogen) atoms. The van der Waals surface area contributed by atoms with E-state index >= 15 is 0 Å². The van der Waals surface area contributed by atoms with E-state index in [-0.39, 0.29) is 20.7 Å². The van der Waals surface area contributed by atoms with Crippen LogP contribution >= 0.6 is 20.7 Å². The molecule has 0 saturated carbocycles. The molecule has 0 unspecified atom stereocenters. The molecule has 0 spiro atoms. The summed E-state index contributed by atoms with van der Waals surface area (Å²) in [6, 6.07) is 13.7. The quantitative estimate of drug-likeness (QED) is 0.166. The highest BCUT2D eigenvalue weighted by molar-refractivity contribution is 14.2. The summed E-state index contributed by atoms with van der Waals surface area (Å²) in [7, 11) is 0. The van der Waals surface area contributed by atoms with E-state index in [0.29, 0.717) is 16.8 Å². The van der Waals surface area contributed by atoms with Crippen molar-refractivity contribution in [1.82, 2.24) is 0 Å². The number of primary amides is 1. The average Bonchev–Trinajstić information content (AvgIpc) is 3.06. The molecule has 1 aliphatic heterocycles. The van der Waals surface area contributed by atoms with Gasteiger partial charge in [0.2, 0.25) is 0 Å². The van der Waals surface area contributed by atoms with Crippen LogP contribution in [0.3, 0.4) is 0 Å². The van der Waals surface area contributed by atoms with Gasteiger partial charge in [0.15, 0.2) is 0 Å². The minimum Gasteiger partial charge on any atom is -0.455 e. The molecule has 0 radical (unpaired) electrons. The van der Waals surface area contributed by atoms with Crippen LogP contribution in [-0.2, 0) is 0 Å². The molecule has 1 amide bonds. The zero-order chi connectivity index (χ0) is 19.4. The number of furan rings is 1. The molecule has 0 atom stereocenters. The number of hydrogen-bond donors (Lipinski definition) is 3. The van der Waals surface area contributed by atoms with Crippen molar-refractivity contribution in [3.8, 4) is 11.1 Å². The second-order valence-electron chi connectivity index (χ2n) is 6.84. The molecular formula is C22H18IN3O2. The summed E-state index contributed by atoms with van der Waals surface area (Å²) in [5.41, 5.74) is 19.4. The Kier molecular flexibility index (Phi) is 3.90. The lowest BCUT2D eigenvalue weighted by atomic mass is 9.90. The molecule has 140 valence electrons. The maximum atomic E-state index is 12.2. The predicted octanol–water partition coefficient (Wildman–Crippen LogP) is 4.75. The van der Waals surface area contributed by atoms with Crippen molar-refractivity contribution in [3.05, 3.63) is 59.2 Å². The van der Waals surface area contributed by atoms with Gasteiger partial charge in [0.1, 0.15) is 11.2 Å². The second-order valence-corrected chi connectivity index (χ2v) is 9.11. The monoisotopic (exact) mass is 483 g/mol. The molecule has 5 N–H and O–H groups in total. The summed E-state index contributed by atoms with van der Waals surface area (Å²) in [6.07, 6.45) is 0. The topological polar surface area (TPSA) is 94.3 Å². The van der Waals surface area contributed by atoms with Gasteiger partial charge in [0.05, 0.1) is 15.8 Å². The van der Waals surface area contributed by atoms with Crippen molar-refractivity contribution < 1.29 is 9.21 Å². The van der Waals surface area contributed by atoms with Gasteiger partial charge in [-0.15, -0.1) is 20.7 Å². The summed E-state index contributed by atoms with van der Waals surface area (Å²) in [5.74, 6) is -0.539. The third-order valence-electron chi connectivity index (χ3n) is 5.20. The third kappa shape index (κ3) is 2.44. The number of halogens is 1. The number of alkyl halides is 1. The number of carbonyl (C=O) groups excluding carboxylic acids is 1. The fraction of sp³-hybridized carbons (Fsp3) is 0.0909. The fourth-order valence-corrected chi connectivity index (χ4v) is 5.82. The van der Waals surface area contributed by atoms with E-state index in [0.717, 1.165) is 48.8 Å². The number of fused-ring (bicyclic) bond motifs is 4. The van der Waals surface area contributed by atoms with E-state index in [4.69, 9.17) is 15.9 Å². The van der Waals surface area contributed by atoms with Crippen LogP contribution in [-0.4, -0.2) is 14.5 Å². The van der Waals surface area contributed by atoms with Crippen molar-refractivity contribution in [2.45, 2.75) is 6.92 Å². The molecular weight excluding hydrogens is 465 g/mol. The first-order valence-corrected chi connectivity index (χ1v) is 11.7. The van der Waals surface area contributed by atoms with Crippen LogP contribution in [0.25, 0.3) is 33.1 Å². The Hall–Kier alpha value is -2.87. The molecule has 2 heterocycles. The van der Waals surface area contributed by atoms with E-state index in [1.165, 1.54) is 0 Å². The second kappa shape index (κ2) is 6.34. The highest BCUT2D eigenvalue weighted by Crippen LogP contribution is 2.45. The van der Waals surface area contributed by atoms with E-state index in [1.807, 2.05) is 24.3 Å². The lowest BCUT2D eigenvalue weighted by Gasteiger charge is -2.20. The highest BCUT2D eigenvalue weighted by atomic mass is 127. The molecule has 0 aliphatic carbocycles. The Balaban J connectivity index is 2.00. The number of nitrogens with one attached hydrogen (secondary N) is 1. The number of hydrogen-bond acceptors (Lipinski definition) is 4. The first kappa shape index (κ1) is 17.2. The highest BCUT2D eigenvalue weighted by Gasteiger charge is 2.24. The number of carbonyl (C=O) groups is 1. The Morgan fingerprint density at radius 1 is 1.14 bits per heavy atom. The molecule has 3 aromatic carbocycles. The first-order valence-electron chi connectivity index (χ1n) is 8.88. The van der Waals surface area contributed by atoms with Gasteiger partial charge in [-0.2, -0.15) is 0 Å². The zero-order valence-electron chi connectivity index (χ0n) is 15.2. The molecule has 5 rings (SSSR count). The molecule has 6 heteroatoms. The number of anilines is 2. The molecule has 1 aliphatic rings. The largest absolute Gasteiger partial charge is 0.455 e. The summed E-state index contributed by atoms with van der Waals surface area (Å²) in [5, 5.41) is 5.28. The summed E-state index contributed by atoms with van der Waals surface area (Å²) < 4.78 is 9.56. The standard InChI is InChI=1S/C22H18IN3O2/c1-11-6-7-16-15(9-23-10-26-16)18(11)19-20(24)14(22(25)27)8-13-12-4-2-3-5-17(12)28-21(13)19/h2-9,26H,10,24H2,1H3,(H2,25,27). The van der Waals surface area contributed by atoms with Gasteiger partial charge in [-0.1, -0.05) is 24.3 Å². The number of amides is 1. The number of para-hydroxylation sites is 1. The van der Waals surface area contributed by atoms with E-state index < -0.39 is 5.91 Å². The van der Waals surface area contributed by atoms with Gasteiger partial charge in [-0.05, 0) is 34.7 Å². The average molecular weight is 483 g/mol. The molecule has 4 aromatic rings. The number of aryl methyl sites for hydroxylation is 1. The van der Waals surface area contributed by atoms with Gasteiger partial charge in [0, 0.05) is 33.2 Å². The Bertz CT molecular complexity index is 1320. The third-order valence-corrected chi connectivity index (χ3v) is 7.08. The zero-order valence-corrected chi connectivity index (χ0v) is 17.3. The van der Waals surface area contributed by atoms with Crippen LogP contribution in [0.2, 0.25) is 0 Å². The summed E-state index contributed by atoms with van der Waals surface area (Å²) >= 11 is -0.0896. The first-order chi connectivity index (χ1) is 13.6. The minimum absolute atomic E-state index is 0.0896. The smallest absolute Gasteiger partial charge is 0.250 e. The van der Waals surface area contributed by atoms with E-state index in [2.05, 4.69) is 28.4 Å². The summed E-state index contributed by atoms with van der Waals surface area (Å²) in [4.78, 5) is 12.2. The SMILES string of the molecule is Cc1ccc2c(c1-c1c(N)c(C(N)=O)cc3c1oc1ccccc13)C=ICN2. The Labute approximate surface area is 171 Å². The van der Waals surface area contributed by atoms with Crippen LogP contribution in [0.1, 0.15) is 21.5 Å². The van der Waals surface area contributed by atoms with Crippen molar-refractivity contribution in [1.29, 1.82) is 0 Å². The van der Waals surface area contributed by atoms with Gasteiger partial charge < -0.3 is 21.2 Å². The van der Waals surface area contributed by atoms with Gasteiger partial charge in [0.25, 0.3) is 5.91 Å². The van der Waals surface area contributed by atoms with E-state index in [9.17, 15) is 4.79 Å². The number of rotatable bonds is 2. The van der Waals surface area contributed by atoms with Crippen molar-refractivity contribution in [2.24, 2.45) is 5.73 Å². The number of nitrogens with two attached hydrogens (primary N) is 2. The van der Waals surface area contributed by atoms with Crippen LogP contribution in [0, 0.1) is 6.92 Å². The molecule has 0 fully saturated rings. The van der Waals surface area contributed by atoms with Gasteiger partial charge in [-0.3, -0.25) is 4.79 Å². The van der Waals surface area contributed by atoms with Crippen LogP contribution in [0.4, 0.5) is 11.4 Å². The van der Waals surface area contributed by atoms with Crippen LogP contribution < -0.4 is 16.8 Å². The van der Waals surface area contributed by atoms with Crippen molar-refractivity contribution in [3.63, 3.8) is 0 Å². The lowest BCUT2D eigenvalue weighted by Crippen LogP contribution is -2.15. The molecule has 5 nitrogen and oxygen atoms in total. The van der Waals surface area contributed by atoms with Gasteiger partial charge >= 0.3 is 0 Å². The van der Waals surface area contributed by atoms with Gasteiger partial charge in [-0.25, -0.2) is 0 Å². The molecule has 0 bridgehead atoms. The number of benzene rings is 3. The van der Waals surface area contributed by atoms with Crippen molar-refractivity contribution in [2.75, 3.05) is 15.6 Å². The predicted molar refractivity (Wildman–Crippen MR) is 124 cm³/mol. The van der Waals surface area contributed by atoms with Crippen LogP contribution in [0.5, 0.6) is 0 Å². The lowest BCUT2D eigenvalue weighted by molar-refractivity contribution is 0.100. The maximum absolute atomic E-state index is 12.2. The molecule has 0 saturated heterocycles. The van der Waals surface area contributed by atoms with Crippen LogP contribution in [0.15, 0.2) is 46.9 Å².